The summed E-state index contributed by atoms with van der Waals surface area (Å²) in [5, 5.41) is 22.4. The number of aromatic nitrogens is 4. The second kappa shape index (κ2) is 5.36. The van der Waals surface area contributed by atoms with Gasteiger partial charge in [-0.3, -0.25) is 4.68 Å². The van der Waals surface area contributed by atoms with Crippen molar-refractivity contribution in [1.29, 1.82) is 10.5 Å². The fraction of sp³-hybridized carbons (Fsp3) is 0.385. The second-order valence-corrected chi connectivity index (χ2v) is 4.09. The highest BCUT2D eigenvalue weighted by atomic mass is 15.3. The summed E-state index contributed by atoms with van der Waals surface area (Å²) in [5.41, 5.74) is 2.50. The van der Waals surface area contributed by atoms with Crippen molar-refractivity contribution < 1.29 is 0 Å². The number of nitriles is 2. The molecule has 0 bridgehead atoms. The van der Waals surface area contributed by atoms with Gasteiger partial charge in [-0.2, -0.15) is 15.6 Å². The summed E-state index contributed by atoms with van der Waals surface area (Å²) >= 11 is 0. The zero-order valence-electron chi connectivity index (χ0n) is 11.0. The van der Waals surface area contributed by atoms with Crippen molar-refractivity contribution in [2.45, 2.75) is 33.4 Å². The quantitative estimate of drug-likeness (QED) is 0.826. The molecule has 0 aromatic carbocycles. The molecule has 0 atom stereocenters. The third kappa shape index (κ3) is 2.34. The molecule has 0 aliphatic rings. The molecule has 0 spiro atoms. The topological polar surface area (TPSA) is 83.2 Å². The van der Waals surface area contributed by atoms with Crippen LogP contribution in [-0.2, 0) is 19.5 Å². The highest BCUT2D eigenvalue weighted by Crippen LogP contribution is 2.11. The summed E-state index contributed by atoms with van der Waals surface area (Å²) < 4.78 is 3.59. The van der Waals surface area contributed by atoms with Crippen molar-refractivity contribution in [2.24, 2.45) is 0 Å². The maximum atomic E-state index is 9.09. The van der Waals surface area contributed by atoms with E-state index in [9.17, 15) is 0 Å². The average Bonchev–Trinajstić information content (AvgIpc) is 3.02. The minimum absolute atomic E-state index is 0.167. The number of nitrogens with zero attached hydrogens (tertiary/aromatic N) is 6. The van der Waals surface area contributed by atoms with Crippen LogP contribution in [0.4, 0.5) is 0 Å². The molecule has 2 rings (SSSR count). The fourth-order valence-corrected chi connectivity index (χ4v) is 1.96. The molecule has 2 aromatic rings. The first-order valence-electron chi connectivity index (χ1n) is 6.14. The minimum Gasteiger partial charge on any atom is -0.315 e. The third-order valence-electron chi connectivity index (χ3n) is 2.96. The van der Waals surface area contributed by atoms with Crippen LogP contribution in [0.15, 0.2) is 12.4 Å². The van der Waals surface area contributed by atoms with E-state index in [-0.39, 0.29) is 5.69 Å². The lowest BCUT2D eigenvalue weighted by atomic mass is 10.3. The van der Waals surface area contributed by atoms with Crippen molar-refractivity contribution in [2.75, 3.05) is 0 Å². The zero-order valence-corrected chi connectivity index (χ0v) is 11.0. The summed E-state index contributed by atoms with van der Waals surface area (Å²) in [6.45, 7) is 5.35. The predicted octanol–water partition coefficient (Wildman–Crippen LogP) is 1.45. The largest absolute Gasteiger partial charge is 0.315 e. The maximum Gasteiger partial charge on any atom is 0.176 e. The SMILES string of the molecule is CCc1cc(Cn2cnc(C#N)c2C#N)n(CC)n1. The Kier molecular flexibility index (Phi) is 3.63. The molecule has 19 heavy (non-hydrogen) atoms. The molecule has 0 saturated heterocycles. The number of rotatable bonds is 4. The van der Waals surface area contributed by atoms with Gasteiger partial charge in [0.2, 0.25) is 0 Å². The monoisotopic (exact) mass is 254 g/mol. The maximum absolute atomic E-state index is 9.09. The van der Waals surface area contributed by atoms with Crippen LogP contribution in [0, 0.1) is 22.7 Å². The summed E-state index contributed by atoms with van der Waals surface area (Å²) in [7, 11) is 0. The Hall–Kier alpha value is -2.60. The van der Waals surface area contributed by atoms with Crippen LogP contribution in [0.1, 0.15) is 36.6 Å². The molecular formula is C13H14N6. The van der Waals surface area contributed by atoms with Crippen molar-refractivity contribution in [3.05, 3.63) is 35.2 Å². The predicted molar refractivity (Wildman–Crippen MR) is 68.0 cm³/mol. The van der Waals surface area contributed by atoms with Crippen molar-refractivity contribution in [3.8, 4) is 12.1 Å². The molecule has 0 fully saturated rings. The van der Waals surface area contributed by atoms with Crippen LogP contribution in [0.3, 0.4) is 0 Å². The highest BCUT2D eigenvalue weighted by molar-refractivity contribution is 5.36. The van der Waals surface area contributed by atoms with Gasteiger partial charge in [-0.15, -0.1) is 0 Å². The Morgan fingerprint density at radius 1 is 1.26 bits per heavy atom. The molecular weight excluding hydrogens is 240 g/mol. The number of hydrogen-bond donors (Lipinski definition) is 0. The Morgan fingerprint density at radius 3 is 2.63 bits per heavy atom. The molecule has 2 heterocycles. The van der Waals surface area contributed by atoms with Gasteiger partial charge >= 0.3 is 0 Å². The van der Waals surface area contributed by atoms with Gasteiger partial charge in [0, 0.05) is 6.54 Å². The van der Waals surface area contributed by atoms with Gasteiger partial charge < -0.3 is 4.57 Å². The molecule has 0 aliphatic heterocycles. The molecule has 96 valence electrons. The molecule has 0 unspecified atom stereocenters. The van der Waals surface area contributed by atoms with Crippen LogP contribution in [0.25, 0.3) is 0 Å². The van der Waals surface area contributed by atoms with Gasteiger partial charge in [0.1, 0.15) is 12.1 Å². The van der Waals surface area contributed by atoms with E-state index in [1.54, 1.807) is 4.57 Å². The summed E-state index contributed by atoms with van der Waals surface area (Å²) in [4.78, 5) is 3.93. The highest BCUT2D eigenvalue weighted by Gasteiger charge is 2.13. The van der Waals surface area contributed by atoms with E-state index < -0.39 is 0 Å². The average molecular weight is 254 g/mol. The molecule has 0 radical (unpaired) electrons. The molecule has 2 aromatic heterocycles. The van der Waals surface area contributed by atoms with E-state index in [4.69, 9.17) is 10.5 Å². The van der Waals surface area contributed by atoms with E-state index in [0.29, 0.717) is 12.2 Å². The van der Waals surface area contributed by atoms with Crippen molar-refractivity contribution in [3.63, 3.8) is 0 Å². The Morgan fingerprint density at radius 2 is 2.05 bits per heavy atom. The van der Waals surface area contributed by atoms with Gasteiger partial charge in [0.05, 0.1) is 24.3 Å². The molecule has 0 saturated carbocycles. The van der Waals surface area contributed by atoms with Crippen molar-refractivity contribution in [1.82, 2.24) is 19.3 Å². The lowest BCUT2D eigenvalue weighted by Crippen LogP contribution is -2.08. The van der Waals surface area contributed by atoms with Crippen LogP contribution in [0.5, 0.6) is 0 Å². The van der Waals surface area contributed by atoms with Gasteiger partial charge in [-0.25, -0.2) is 4.98 Å². The Balaban J connectivity index is 2.37. The molecule has 0 N–H and O–H groups in total. The van der Waals surface area contributed by atoms with Crippen LogP contribution < -0.4 is 0 Å². The normalized spacial score (nSPS) is 10.1. The van der Waals surface area contributed by atoms with Crippen LogP contribution in [0.2, 0.25) is 0 Å². The lowest BCUT2D eigenvalue weighted by Gasteiger charge is -2.05. The van der Waals surface area contributed by atoms with Gasteiger partial charge in [-0.1, -0.05) is 6.92 Å². The number of hydrogen-bond acceptors (Lipinski definition) is 4. The fourth-order valence-electron chi connectivity index (χ4n) is 1.96. The van der Waals surface area contributed by atoms with E-state index in [1.165, 1.54) is 6.33 Å². The summed E-state index contributed by atoms with van der Waals surface area (Å²) in [6.07, 6.45) is 2.40. The van der Waals surface area contributed by atoms with E-state index in [1.807, 2.05) is 29.8 Å². The van der Waals surface area contributed by atoms with E-state index >= 15 is 0 Å². The lowest BCUT2D eigenvalue weighted by molar-refractivity contribution is 0.593. The van der Waals surface area contributed by atoms with Gasteiger partial charge in [0.15, 0.2) is 11.4 Å². The summed E-state index contributed by atoms with van der Waals surface area (Å²) in [5.74, 6) is 0. The molecule has 0 aliphatic carbocycles. The number of imidazole rings is 1. The molecule has 6 nitrogen and oxygen atoms in total. The van der Waals surface area contributed by atoms with E-state index in [0.717, 1.165) is 24.4 Å². The van der Waals surface area contributed by atoms with E-state index in [2.05, 4.69) is 17.0 Å². The molecule has 6 heteroatoms. The third-order valence-corrected chi connectivity index (χ3v) is 2.96. The number of aryl methyl sites for hydroxylation is 2. The standard InChI is InChI=1S/C13H14N6/c1-3-10-5-11(19(4-2)17-10)8-18-9-16-12(6-14)13(18)7-15/h5,9H,3-4,8H2,1-2H3. The first-order chi connectivity index (χ1) is 9.23. The van der Waals surface area contributed by atoms with Gasteiger partial charge in [0.25, 0.3) is 0 Å². The second-order valence-electron chi connectivity index (χ2n) is 4.09. The Bertz CT molecular complexity index is 664. The van der Waals surface area contributed by atoms with Crippen molar-refractivity contribution >= 4 is 0 Å². The zero-order chi connectivity index (χ0) is 13.8. The summed E-state index contributed by atoms with van der Waals surface area (Å²) in [6, 6.07) is 5.97. The minimum atomic E-state index is 0.167. The first kappa shape index (κ1) is 12.8. The first-order valence-corrected chi connectivity index (χ1v) is 6.14. The smallest absolute Gasteiger partial charge is 0.176 e. The van der Waals surface area contributed by atoms with Crippen LogP contribution in [-0.4, -0.2) is 19.3 Å². The Labute approximate surface area is 111 Å². The molecule has 0 amide bonds. The van der Waals surface area contributed by atoms with Crippen LogP contribution >= 0.6 is 0 Å². The van der Waals surface area contributed by atoms with Gasteiger partial charge in [-0.05, 0) is 19.4 Å².